The Balaban J connectivity index is 1.39. The van der Waals surface area contributed by atoms with Crippen LogP contribution in [0, 0.1) is 10.1 Å². The average Bonchev–Trinajstić information content (AvgIpc) is 3.36. The van der Waals surface area contributed by atoms with Crippen molar-refractivity contribution < 1.29 is 23.7 Å². The third-order valence-corrected chi connectivity index (χ3v) is 6.35. The van der Waals surface area contributed by atoms with E-state index in [1.54, 1.807) is 16.7 Å². The van der Waals surface area contributed by atoms with Gasteiger partial charge >= 0.3 is 5.97 Å². The third kappa shape index (κ3) is 3.21. The topological polar surface area (TPSA) is 129 Å². The van der Waals surface area contributed by atoms with E-state index in [-0.39, 0.29) is 34.9 Å². The summed E-state index contributed by atoms with van der Waals surface area (Å²) in [6.45, 7) is 1.75. The molecule has 0 saturated carbocycles. The maximum Gasteiger partial charge on any atom is 0.330 e. The normalized spacial score (nSPS) is 23.7. The molecule has 28 heavy (non-hydrogen) atoms. The molecule has 2 aliphatic rings. The van der Waals surface area contributed by atoms with Gasteiger partial charge in [0, 0.05) is 29.9 Å². The Morgan fingerprint density at radius 1 is 1.43 bits per heavy atom. The van der Waals surface area contributed by atoms with Gasteiger partial charge in [-0.05, 0) is 25.5 Å². The summed E-state index contributed by atoms with van der Waals surface area (Å²) in [5, 5.41) is 18.4. The lowest BCUT2D eigenvalue weighted by atomic mass is 10.2. The Kier molecular flexibility index (Phi) is 4.53. The van der Waals surface area contributed by atoms with E-state index in [9.17, 15) is 19.7 Å². The SMILES string of the molecule is C[C@@]12CCC(=O)N1[C@H](C(=O)OCc1nnc(-c3ccc([N+](=O)[O-])cc3)o1)CS2. The highest BCUT2D eigenvalue weighted by Crippen LogP contribution is 2.47. The second-order valence-corrected chi connectivity index (χ2v) is 8.18. The fourth-order valence-corrected chi connectivity index (χ4v) is 4.80. The fraction of sp³-hybridized carbons (Fsp3) is 0.412. The summed E-state index contributed by atoms with van der Waals surface area (Å²) in [4.78, 5) is 36.0. The Labute approximate surface area is 163 Å². The Morgan fingerprint density at radius 3 is 2.89 bits per heavy atom. The predicted molar refractivity (Wildman–Crippen MR) is 96.9 cm³/mol. The molecule has 1 amide bonds. The molecular weight excluding hydrogens is 388 g/mol. The number of aromatic nitrogens is 2. The molecule has 0 bridgehead atoms. The van der Waals surface area contributed by atoms with E-state index in [2.05, 4.69) is 10.2 Å². The molecule has 11 heteroatoms. The molecule has 0 radical (unpaired) electrons. The van der Waals surface area contributed by atoms with Crippen LogP contribution in [-0.2, 0) is 20.9 Å². The minimum Gasteiger partial charge on any atom is -0.454 e. The highest BCUT2D eigenvalue weighted by Gasteiger charge is 2.53. The van der Waals surface area contributed by atoms with E-state index in [0.29, 0.717) is 17.7 Å². The van der Waals surface area contributed by atoms with E-state index < -0.39 is 16.9 Å². The Morgan fingerprint density at radius 2 is 2.18 bits per heavy atom. The molecule has 10 nitrogen and oxygen atoms in total. The molecule has 2 fully saturated rings. The monoisotopic (exact) mass is 404 g/mol. The summed E-state index contributed by atoms with van der Waals surface area (Å²) in [6, 6.07) is 5.05. The second kappa shape index (κ2) is 6.89. The highest BCUT2D eigenvalue weighted by atomic mass is 32.2. The zero-order valence-corrected chi connectivity index (χ0v) is 15.7. The van der Waals surface area contributed by atoms with Crippen LogP contribution in [0.5, 0.6) is 0 Å². The van der Waals surface area contributed by atoms with Gasteiger partial charge in [-0.1, -0.05) is 0 Å². The standard InChI is InChI=1S/C17H16N4O6S/c1-17-7-6-14(22)20(17)12(9-28-17)16(23)26-8-13-18-19-15(27-13)10-2-4-11(5-3-10)21(24)25/h2-5,12H,6-9H2,1H3/t12-,17+/m0/s1. The molecule has 1 aromatic carbocycles. The number of thioether (sulfide) groups is 1. The highest BCUT2D eigenvalue weighted by molar-refractivity contribution is 8.01. The van der Waals surface area contributed by atoms with Crippen molar-refractivity contribution in [2.75, 3.05) is 5.75 Å². The first kappa shape index (κ1) is 18.4. The molecule has 0 spiro atoms. The number of benzene rings is 1. The van der Waals surface area contributed by atoms with Crippen LogP contribution >= 0.6 is 11.8 Å². The van der Waals surface area contributed by atoms with Crippen molar-refractivity contribution in [3.8, 4) is 11.5 Å². The van der Waals surface area contributed by atoms with Crippen molar-refractivity contribution in [2.24, 2.45) is 0 Å². The summed E-state index contributed by atoms with van der Waals surface area (Å²) in [5.41, 5.74) is 0.469. The Hall–Kier alpha value is -2.95. The summed E-state index contributed by atoms with van der Waals surface area (Å²) < 4.78 is 10.7. The van der Waals surface area contributed by atoms with Crippen molar-refractivity contribution in [1.29, 1.82) is 0 Å². The van der Waals surface area contributed by atoms with E-state index in [0.717, 1.165) is 6.42 Å². The third-order valence-electron chi connectivity index (χ3n) is 4.85. The maximum absolute atomic E-state index is 12.4. The predicted octanol–water partition coefficient (Wildman–Crippen LogP) is 2.14. The van der Waals surface area contributed by atoms with Gasteiger partial charge in [0.25, 0.3) is 11.6 Å². The number of rotatable bonds is 5. The number of nitro groups is 1. The van der Waals surface area contributed by atoms with Crippen LogP contribution in [0.3, 0.4) is 0 Å². The molecule has 3 heterocycles. The minimum atomic E-state index is -0.609. The number of carbonyl (C=O) groups is 2. The van der Waals surface area contributed by atoms with Gasteiger partial charge in [-0.15, -0.1) is 22.0 Å². The first-order chi connectivity index (χ1) is 13.4. The molecule has 0 aliphatic carbocycles. The average molecular weight is 404 g/mol. The number of fused-ring (bicyclic) bond motifs is 1. The number of non-ortho nitro benzene ring substituents is 1. The zero-order chi connectivity index (χ0) is 19.9. The van der Waals surface area contributed by atoms with Crippen LogP contribution in [0.25, 0.3) is 11.5 Å². The van der Waals surface area contributed by atoms with Crippen molar-refractivity contribution >= 4 is 29.3 Å². The largest absolute Gasteiger partial charge is 0.454 e. The molecule has 4 rings (SSSR count). The molecule has 2 aliphatic heterocycles. The fourth-order valence-electron chi connectivity index (χ4n) is 3.38. The van der Waals surface area contributed by atoms with Crippen LogP contribution in [0.2, 0.25) is 0 Å². The van der Waals surface area contributed by atoms with E-state index in [1.807, 2.05) is 6.92 Å². The number of ether oxygens (including phenoxy) is 1. The first-order valence-corrected chi connectivity index (χ1v) is 9.56. The van der Waals surface area contributed by atoms with Gasteiger partial charge in [-0.2, -0.15) is 0 Å². The van der Waals surface area contributed by atoms with Crippen LogP contribution in [0.1, 0.15) is 25.7 Å². The second-order valence-electron chi connectivity index (χ2n) is 6.68. The van der Waals surface area contributed by atoms with Gasteiger partial charge in [0.05, 0.1) is 9.79 Å². The molecule has 2 atom stereocenters. The summed E-state index contributed by atoms with van der Waals surface area (Å²) >= 11 is 1.59. The van der Waals surface area contributed by atoms with E-state index in [1.165, 1.54) is 24.3 Å². The van der Waals surface area contributed by atoms with Crippen LogP contribution in [0.15, 0.2) is 28.7 Å². The van der Waals surface area contributed by atoms with Crippen LogP contribution in [-0.4, -0.2) is 48.6 Å². The lowest BCUT2D eigenvalue weighted by molar-refractivity contribution is -0.384. The van der Waals surface area contributed by atoms with Gasteiger partial charge in [-0.3, -0.25) is 14.9 Å². The lowest BCUT2D eigenvalue weighted by Gasteiger charge is -2.29. The smallest absolute Gasteiger partial charge is 0.330 e. The van der Waals surface area contributed by atoms with Gasteiger partial charge in [-0.25, -0.2) is 4.79 Å². The van der Waals surface area contributed by atoms with Crippen LogP contribution < -0.4 is 0 Å². The summed E-state index contributed by atoms with van der Waals surface area (Å²) in [5.74, 6) is 0.232. The molecule has 146 valence electrons. The number of hydrogen-bond acceptors (Lipinski definition) is 9. The number of hydrogen-bond donors (Lipinski definition) is 0. The van der Waals surface area contributed by atoms with Crippen LogP contribution in [0.4, 0.5) is 5.69 Å². The van der Waals surface area contributed by atoms with Crippen molar-refractivity contribution in [2.45, 2.75) is 37.3 Å². The van der Waals surface area contributed by atoms with Gasteiger partial charge in [0.15, 0.2) is 6.61 Å². The number of amides is 1. The number of nitro benzene ring substituents is 1. The number of nitrogens with zero attached hydrogens (tertiary/aromatic N) is 4. The van der Waals surface area contributed by atoms with Gasteiger partial charge < -0.3 is 14.1 Å². The van der Waals surface area contributed by atoms with Gasteiger partial charge in [0.1, 0.15) is 6.04 Å². The van der Waals surface area contributed by atoms with Gasteiger partial charge in [0.2, 0.25) is 11.8 Å². The lowest BCUT2D eigenvalue weighted by Crippen LogP contribution is -2.46. The van der Waals surface area contributed by atoms with E-state index in [4.69, 9.17) is 9.15 Å². The molecule has 0 N–H and O–H groups in total. The summed E-state index contributed by atoms with van der Waals surface area (Å²) in [7, 11) is 0. The maximum atomic E-state index is 12.4. The number of carbonyl (C=O) groups excluding carboxylic acids is 2. The molecule has 1 aromatic heterocycles. The summed E-state index contributed by atoms with van der Waals surface area (Å²) in [6.07, 6.45) is 1.16. The van der Waals surface area contributed by atoms with Crippen molar-refractivity contribution in [3.05, 3.63) is 40.3 Å². The number of esters is 1. The quantitative estimate of drug-likeness (QED) is 0.418. The molecule has 0 unspecified atom stereocenters. The zero-order valence-electron chi connectivity index (χ0n) is 14.9. The minimum absolute atomic E-state index is 0.0345. The van der Waals surface area contributed by atoms with Crippen molar-refractivity contribution in [3.63, 3.8) is 0 Å². The van der Waals surface area contributed by atoms with E-state index >= 15 is 0 Å². The Bertz CT molecular complexity index is 945. The molecule has 2 saturated heterocycles. The van der Waals surface area contributed by atoms with Crippen molar-refractivity contribution in [1.82, 2.24) is 15.1 Å². The first-order valence-electron chi connectivity index (χ1n) is 8.57. The molecular formula is C17H16N4O6S. The molecule has 2 aromatic rings.